The summed E-state index contributed by atoms with van der Waals surface area (Å²) >= 11 is 0. The van der Waals surface area contributed by atoms with E-state index in [9.17, 15) is 4.79 Å². The average molecular weight is 408 g/mol. The molecule has 1 amide bonds. The molecule has 156 valence electrons. The molecule has 0 bridgehead atoms. The lowest BCUT2D eigenvalue weighted by molar-refractivity contribution is -0.123. The molecule has 0 fully saturated rings. The van der Waals surface area contributed by atoms with Crippen LogP contribution in [-0.2, 0) is 11.3 Å². The Morgan fingerprint density at radius 1 is 1.07 bits per heavy atom. The van der Waals surface area contributed by atoms with Gasteiger partial charge in [0.2, 0.25) is 0 Å². The van der Waals surface area contributed by atoms with Crippen molar-refractivity contribution < 1.29 is 23.5 Å². The van der Waals surface area contributed by atoms with Crippen LogP contribution in [-0.4, -0.2) is 30.9 Å². The SMILES string of the molecule is CC(C)c1ccc(OCC(=O)NCc2cc(-c3ccc4c(c3)OCCO4)on2)cc1. The van der Waals surface area contributed by atoms with Gasteiger partial charge < -0.3 is 24.1 Å². The largest absolute Gasteiger partial charge is 0.486 e. The van der Waals surface area contributed by atoms with Crippen molar-refractivity contribution in [2.45, 2.75) is 26.3 Å². The number of hydrogen-bond acceptors (Lipinski definition) is 6. The van der Waals surface area contributed by atoms with E-state index in [4.69, 9.17) is 18.7 Å². The molecule has 0 unspecified atom stereocenters. The summed E-state index contributed by atoms with van der Waals surface area (Å²) in [7, 11) is 0. The van der Waals surface area contributed by atoms with Gasteiger partial charge in [-0.2, -0.15) is 0 Å². The predicted molar refractivity (Wildman–Crippen MR) is 111 cm³/mol. The number of ether oxygens (including phenoxy) is 3. The maximum Gasteiger partial charge on any atom is 0.258 e. The van der Waals surface area contributed by atoms with Gasteiger partial charge in [-0.15, -0.1) is 0 Å². The smallest absolute Gasteiger partial charge is 0.258 e. The third-order valence-corrected chi connectivity index (χ3v) is 4.77. The van der Waals surface area contributed by atoms with Gasteiger partial charge in [0, 0.05) is 11.6 Å². The number of rotatable bonds is 7. The van der Waals surface area contributed by atoms with E-state index >= 15 is 0 Å². The molecule has 4 rings (SSSR count). The Balaban J connectivity index is 1.28. The van der Waals surface area contributed by atoms with Gasteiger partial charge in [0.25, 0.3) is 5.91 Å². The van der Waals surface area contributed by atoms with E-state index in [1.165, 1.54) is 5.56 Å². The summed E-state index contributed by atoms with van der Waals surface area (Å²) in [5, 5.41) is 6.80. The topological polar surface area (TPSA) is 82.8 Å². The van der Waals surface area contributed by atoms with Crippen molar-refractivity contribution >= 4 is 5.91 Å². The number of nitrogens with one attached hydrogen (secondary N) is 1. The molecule has 1 aliphatic rings. The number of nitrogens with zero attached hydrogens (tertiary/aromatic N) is 1. The van der Waals surface area contributed by atoms with Gasteiger partial charge >= 0.3 is 0 Å². The second kappa shape index (κ2) is 8.90. The van der Waals surface area contributed by atoms with Crippen LogP contribution >= 0.6 is 0 Å². The zero-order chi connectivity index (χ0) is 20.9. The molecule has 30 heavy (non-hydrogen) atoms. The van der Waals surface area contributed by atoms with Crippen LogP contribution in [0.15, 0.2) is 53.1 Å². The Morgan fingerprint density at radius 3 is 2.60 bits per heavy atom. The molecule has 1 aromatic heterocycles. The van der Waals surface area contributed by atoms with Gasteiger partial charge in [0.15, 0.2) is 23.9 Å². The van der Waals surface area contributed by atoms with E-state index in [0.717, 1.165) is 11.3 Å². The van der Waals surface area contributed by atoms with E-state index in [-0.39, 0.29) is 19.1 Å². The molecule has 2 aromatic carbocycles. The van der Waals surface area contributed by atoms with Gasteiger partial charge in [-0.25, -0.2) is 0 Å². The summed E-state index contributed by atoms with van der Waals surface area (Å²) in [5.74, 6) is 2.89. The lowest BCUT2D eigenvalue weighted by Crippen LogP contribution is -2.28. The molecule has 7 nitrogen and oxygen atoms in total. The number of carbonyl (C=O) groups excluding carboxylic acids is 1. The monoisotopic (exact) mass is 408 g/mol. The standard InChI is InChI=1S/C23H24N2O5/c1-15(2)16-3-6-19(7-4-16)29-14-23(26)24-13-18-12-21(30-25-18)17-5-8-20-22(11-17)28-10-9-27-20/h3-8,11-12,15H,9-10,13-14H2,1-2H3,(H,24,26). The van der Waals surface area contributed by atoms with Crippen LogP contribution in [0.5, 0.6) is 17.2 Å². The summed E-state index contributed by atoms with van der Waals surface area (Å²) < 4.78 is 22.1. The highest BCUT2D eigenvalue weighted by Gasteiger charge is 2.15. The second-order valence-electron chi connectivity index (χ2n) is 7.33. The Bertz CT molecular complexity index is 1010. The Morgan fingerprint density at radius 2 is 1.83 bits per heavy atom. The summed E-state index contributed by atoms with van der Waals surface area (Å²) in [5.41, 5.74) is 2.68. The van der Waals surface area contributed by atoms with Crippen LogP contribution in [0.1, 0.15) is 31.0 Å². The third-order valence-electron chi connectivity index (χ3n) is 4.77. The minimum atomic E-state index is -0.230. The average Bonchev–Trinajstić information content (AvgIpc) is 3.25. The highest BCUT2D eigenvalue weighted by Crippen LogP contribution is 2.34. The minimum Gasteiger partial charge on any atom is -0.486 e. The maximum atomic E-state index is 12.1. The quantitative estimate of drug-likeness (QED) is 0.638. The highest BCUT2D eigenvalue weighted by atomic mass is 16.6. The number of carbonyl (C=O) groups is 1. The van der Waals surface area contributed by atoms with Crippen LogP contribution in [0.2, 0.25) is 0 Å². The molecule has 0 aliphatic carbocycles. The van der Waals surface area contributed by atoms with Crippen molar-refractivity contribution in [1.29, 1.82) is 0 Å². The van der Waals surface area contributed by atoms with Gasteiger partial charge in [-0.05, 0) is 41.8 Å². The fraction of sp³-hybridized carbons (Fsp3) is 0.304. The maximum absolute atomic E-state index is 12.1. The van der Waals surface area contributed by atoms with E-state index in [0.29, 0.717) is 42.1 Å². The number of amides is 1. The second-order valence-corrected chi connectivity index (χ2v) is 7.33. The van der Waals surface area contributed by atoms with Crippen molar-refractivity contribution in [3.05, 3.63) is 59.8 Å². The normalized spacial score (nSPS) is 12.6. The molecular formula is C23H24N2O5. The van der Waals surface area contributed by atoms with Gasteiger partial charge in [0.05, 0.1) is 6.54 Å². The van der Waals surface area contributed by atoms with E-state index in [2.05, 4.69) is 24.3 Å². The van der Waals surface area contributed by atoms with E-state index < -0.39 is 0 Å². The van der Waals surface area contributed by atoms with Crippen molar-refractivity contribution in [2.75, 3.05) is 19.8 Å². The number of fused-ring (bicyclic) bond motifs is 1. The summed E-state index contributed by atoms with van der Waals surface area (Å²) in [6.07, 6.45) is 0. The fourth-order valence-electron chi connectivity index (χ4n) is 3.07. The van der Waals surface area contributed by atoms with Crippen molar-refractivity contribution in [2.24, 2.45) is 0 Å². The molecule has 1 N–H and O–H groups in total. The minimum absolute atomic E-state index is 0.0616. The highest BCUT2D eigenvalue weighted by molar-refractivity contribution is 5.77. The van der Waals surface area contributed by atoms with E-state index in [1.54, 1.807) is 6.07 Å². The fourth-order valence-corrected chi connectivity index (χ4v) is 3.07. The number of aromatic nitrogens is 1. The zero-order valence-corrected chi connectivity index (χ0v) is 17.0. The van der Waals surface area contributed by atoms with Crippen molar-refractivity contribution in [3.63, 3.8) is 0 Å². The Kier molecular flexibility index (Phi) is 5.88. The van der Waals surface area contributed by atoms with Crippen molar-refractivity contribution in [3.8, 4) is 28.6 Å². The van der Waals surface area contributed by atoms with Crippen LogP contribution in [0.4, 0.5) is 0 Å². The summed E-state index contributed by atoms with van der Waals surface area (Å²) in [4.78, 5) is 12.1. The van der Waals surface area contributed by atoms with Gasteiger partial charge in [-0.3, -0.25) is 4.79 Å². The molecule has 7 heteroatoms. The van der Waals surface area contributed by atoms with Crippen molar-refractivity contribution in [1.82, 2.24) is 10.5 Å². The molecule has 3 aromatic rings. The predicted octanol–water partition coefficient (Wildman–Crippen LogP) is 3.93. The molecule has 0 spiro atoms. The molecular weight excluding hydrogens is 384 g/mol. The first-order valence-electron chi connectivity index (χ1n) is 9.93. The third kappa shape index (κ3) is 4.74. The molecule has 0 saturated heterocycles. The van der Waals surface area contributed by atoms with Gasteiger partial charge in [0.1, 0.15) is 24.7 Å². The van der Waals surface area contributed by atoms with Crippen LogP contribution < -0.4 is 19.5 Å². The first-order chi connectivity index (χ1) is 14.6. The first kappa shape index (κ1) is 19.8. The first-order valence-corrected chi connectivity index (χ1v) is 9.93. The lowest BCUT2D eigenvalue weighted by Gasteiger charge is -2.18. The summed E-state index contributed by atoms with van der Waals surface area (Å²) in [6.45, 7) is 5.52. The van der Waals surface area contributed by atoms with Crippen LogP contribution in [0.3, 0.4) is 0 Å². The lowest BCUT2D eigenvalue weighted by atomic mass is 10.0. The number of hydrogen-bond donors (Lipinski definition) is 1. The zero-order valence-electron chi connectivity index (χ0n) is 17.0. The molecule has 2 heterocycles. The van der Waals surface area contributed by atoms with Crippen LogP contribution in [0.25, 0.3) is 11.3 Å². The summed E-state index contributed by atoms with van der Waals surface area (Å²) in [6, 6.07) is 15.1. The Labute approximate surface area is 174 Å². The Hall–Kier alpha value is -3.48. The number of benzene rings is 2. The molecule has 0 radical (unpaired) electrons. The molecule has 0 atom stereocenters. The molecule has 1 aliphatic heterocycles. The van der Waals surface area contributed by atoms with Gasteiger partial charge in [-0.1, -0.05) is 31.1 Å². The molecule has 0 saturated carbocycles. The van der Waals surface area contributed by atoms with Crippen LogP contribution in [0, 0.1) is 0 Å². The van der Waals surface area contributed by atoms with E-state index in [1.807, 2.05) is 42.5 Å².